The summed E-state index contributed by atoms with van der Waals surface area (Å²) in [7, 11) is 1.33. The second kappa shape index (κ2) is 6.44. The first kappa shape index (κ1) is 15.6. The maximum absolute atomic E-state index is 12.3. The molecule has 0 aliphatic carbocycles. The van der Waals surface area contributed by atoms with Gasteiger partial charge in [0.2, 0.25) is 0 Å². The second-order valence-corrected chi connectivity index (χ2v) is 6.16. The molecule has 1 N–H and O–H groups in total. The van der Waals surface area contributed by atoms with Gasteiger partial charge in [-0.2, -0.15) is 0 Å². The number of amides is 2. The highest BCUT2D eigenvalue weighted by Crippen LogP contribution is 2.34. The van der Waals surface area contributed by atoms with Crippen LogP contribution in [0.5, 0.6) is 0 Å². The number of pyridine rings is 1. The second-order valence-electron chi connectivity index (χ2n) is 6.16. The highest BCUT2D eigenvalue weighted by molar-refractivity contribution is 5.75. The Balaban J connectivity index is 1.64. The number of hydrogen-bond acceptors (Lipinski definition) is 4. The average Bonchev–Trinajstić information content (AvgIpc) is 2.55. The van der Waals surface area contributed by atoms with Crippen LogP contribution in [0, 0.1) is 5.92 Å². The molecule has 0 radical (unpaired) electrons. The van der Waals surface area contributed by atoms with Crippen LogP contribution in [0.1, 0.15) is 24.5 Å². The number of ether oxygens (including phenoxy) is 1. The van der Waals surface area contributed by atoms with E-state index in [-0.39, 0.29) is 36.4 Å². The molecule has 1 aromatic heterocycles. The fraction of sp³-hybridized carbons (Fsp3) is 0.562. The van der Waals surface area contributed by atoms with Gasteiger partial charge >= 0.3 is 12.0 Å². The number of methoxy groups -OCH3 is 1. The van der Waals surface area contributed by atoms with Gasteiger partial charge < -0.3 is 19.5 Å². The normalized spacial score (nSPS) is 22.2. The molecule has 23 heavy (non-hydrogen) atoms. The van der Waals surface area contributed by atoms with E-state index in [9.17, 15) is 14.4 Å². The predicted molar refractivity (Wildman–Crippen MR) is 83.2 cm³/mol. The maximum atomic E-state index is 12.3. The minimum Gasteiger partial charge on any atom is -0.469 e. The molecule has 2 aliphatic heterocycles. The third kappa shape index (κ3) is 3.23. The summed E-state index contributed by atoms with van der Waals surface area (Å²) in [6.07, 6.45) is 1.18. The molecule has 7 nitrogen and oxygen atoms in total. The first-order chi connectivity index (χ1) is 11.1. The highest BCUT2D eigenvalue weighted by atomic mass is 16.5. The quantitative estimate of drug-likeness (QED) is 0.825. The number of aromatic nitrogens is 1. The Kier molecular flexibility index (Phi) is 4.36. The van der Waals surface area contributed by atoms with Crippen LogP contribution < -0.4 is 10.9 Å². The van der Waals surface area contributed by atoms with E-state index in [0.717, 1.165) is 12.1 Å². The van der Waals surface area contributed by atoms with Crippen LogP contribution in [0.25, 0.3) is 0 Å². The zero-order valence-electron chi connectivity index (χ0n) is 13.2. The van der Waals surface area contributed by atoms with Crippen LogP contribution in [0.3, 0.4) is 0 Å². The number of piperidine rings is 1. The van der Waals surface area contributed by atoms with Crippen molar-refractivity contribution in [3.05, 3.63) is 34.2 Å². The summed E-state index contributed by atoms with van der Waals surface area (Å²) in [5.41, 5.74) is 1.05. The van der Waals surface area contributed by atoms with Crippen molar-refractivity contribution in [3.8, 4) is 0 Å². The Hall–Kier alpha value is -2.31. The van der Waals surface area contributed by atoms with Crippen molar-refractivity contribution < 1.29 is 14.3 Å². The molecule has 7 heteroatoms. The van der Waals surface area contributed by atoms with Crippen LogP contribution in [-0.2, 0) is 16.1 Å². The fourth-order valence-electron chi connectivity index (χ4n) is 3.55. The first-order valence-corrected chi connectivity index (χ1v) is 7.88. The molecule has 2 aliphatic rings. The van der Waals surface area contributed by atoms with Gasteiger partial charge in [-0.25, -0.2) is 4.79 Å². The van der Waals surface area contributed by atoms with Gasteiger partial charge in [0.25, 0.3) is 5.56 Å². The molecule has 2 bridgehead atoms. The van der Waals surface area contributed by atoms with E-state index in [1.165, 1.54) is 7.11 Å². The van der Waals surface area contributed by atoms with Gasteiger partial charge in [-0.15, -0.1) is 0 Å². The predicted octanol–water partition coefficient (Wildman–Crippen LogP) is 0.540. The van der Waals surface area contributed by atoms with Crippen LogP contribution in [-0.4, -0.2) is 48.2 Å². The zero-order chi connectivity index (χ0) is 16.4. The number of fused-ring (bicyclic) bond motifs is 4. The number of urea groups is 1. The Morgan fingerprint density at radius 3 is 2.91 bits per heavy atom. The summed E-state index contributed by atoms with van der Waals surface area (Å²) < 4.78 is 6.39. The van der Waals surface area contributed by atoms with Crippen molar-refractivity contribution in [1.29, 1.82) is 0 Å². The molecule has 1 saturated heterocycles. The van der Waals surface area contributed by atoms with E-state index in [2.05, 4.69) is 10.1 Å². The van der Waals surface area contributed by atoms with E-state index in [4.69, 9.17) is 0 Å². The smallest absolute Gasteiger partial charge is 0.317 e. The Labute approximate surface area is 134 Å². The molecule has 3 rings (SSSR count). The van der Waals surface area contributed by atoms with Gasteiger partial charge in [0, 0.05) is 43.9 Å². The Morgan fingerprint density at radius 1 is 1.30 bits per heavy atom. The summed E-state index contributed by atoms with van der Waals surface area (Å²) in [6, 6.07) is 5.18. The lowest BCUT2D eigenvalue weighted by atomic mass is 9.83. The molecule has 1 fully saturated rings. The van der Waals surface area contributed by atoms with Gasteiger partial charge in [-0.05, 0) is 18.4 Å². The van der Waals surface area contributed by atoms with E-state index in [1.807, 2.05) is 10.6 Å². The third-order valence-corrected chi connectivity index (χ3v) is 4.60. The lowest BCUT2D eigenvalue weighted by molar-refractivity contribution is -0.140. The van der Waals surface area contributed by atoms with Crippen molar-refractivity contribution in [2.75, 3.05) is 26.7 Å². The lowest BCUT2D eigenvalue weighted by Gasteiger charge is -2.42. The minimum absolute atomic E-state index is 0.0354. The van der Waals surface area contributed by atoms with Crippen molar-refractivity contribution in [2.24, 2.45) is 5.92 Å². The number of carbonyl (C=O) groups excluding carboxylic acids is 2. The lowest BCUT2D eigenvalue weighted by Crippen LogP contribution is -2.52. The summed E-state index contributed by atoms with van der Waals surface area (Å²) >= 11 is 0. The van der Waals surface area contributed by atoms with Crippen LogP contribution >= 0.6 is 0 Å². The number of carbonyl (C=O) groups is 2. The molecule has 2 atom stereocenters. The number of esters is 1. The van der Waals surface area contributed by atoms with Gasteiger partial charge in [-0.1, -0.05) is 6.07 Å². The van der Waals surface area contributed by atoms with E-state index in [1.54, 1.807) is 17.0 Å². The number of likely N-dealkylation sites (tertiary alicyclic amines) is 1. The monoisotopic (exact) mass is 319 g/mol. The van der Waals surface area contributed by atoms with E-state index in [0.29, 0.717) is 25.6 Å². The average molecular weight is 319 g/mol. The van der Waals surface area contributed by atoms with Crippen molar-refractivity contribution in [2.45, 2.75) is 25.3 Å². The number of nitrogens with one attached hydrogen (secondary N) is 1. The maximum Gasteiger partial charge on any atom is 0.317 e. The first-order valence-electron chi connectivity index (χ1n) is 7.88. The molecule has 0 aromatic carbocycles. The molecular formula is C16H21N3O4. The number of rotatable bonds is 3. The minimum atomic E-state index is -0.339. The summed E-state index contributed by atoms with van der Waals surface area (Å²) in [6.45, 7) is 2.18. The SMILES string of the molecule is COC(=O)CCNC(=O)N1C[C@H]2C[C@@H](C1)c1cccc(=O)n1C2. The van der Waals surface area contributed by atoms with Crippen LogP contribution in [0.4, 0.5) is 4.79 Å². The molecule has 0 spiro atoms. The van der Waals surface area contributed by atoms with Gasteiger partial charge in [0.05, 0.1) is 13.5 Å². The van der Waals surface area contributed by atoms with Crippen molar-refractivity contribution in [3.63, 3.8) is 0 Å². The molecular weight excluding hydrogens is 298 g/mol. The summed E-state index contributed by atoms with van der Waals surface area (Å²) in [4.78, 5) is 37.1. The van der Waals surface area contributed by atoms with Crippen LogP contribution in [0.15, 0.2) is 23.0 Å². The van der Waals surface area contributed by atoms with Crippen molar-refractivity contribution in [1.82, 2.24) is 14.8 Å². The molecule has 0 unspecified atom stereocenters. The van der Waals surface area contributed by atoms with Gasteiger partial charge in [-0.3, -0.25) is 9.59 Å². The Morgan fingerprint density at radius 2 is 2.13 bits per heavy atom. The zero-order valence-corrected chi connectivity index (χ0v) is 13.2. The molecule has 2 amide bonds. The Bertz CT molecular complexity index is 670. The largest absolute Gasteiger partial charge is 0.469 e. The van der Waals surface area contributed by atoms with E-state index >= 15 is 0 Å². The number of nitrogens with zero attached hydrogens (tertiary/aromatic N) is 2. The topological polar surface area (TPSA) is 80.6 Å². The van der Waals surface area contributed by atoms with Gasteiger partial charge in [0.1, 0.15) is 0 Å². The molecule has 124 valence electrons. The summed E-state index contributed by atoms with van der Waals surface area (Å²) in [5.74, 6) is 0.157. The van der Waals surface area contributed by atoms with Crippen molar-refractivity contribution >= 4 is 12.0 Å². The van der Waals surface area contributed by atoms with Crippen LogP contribution in [0.2, 0.25) is 0 Å². The molecule has 3 heterocycles. The third-order valence-electron chi connectivity index (χ3n) is 4.60. The van der Waals surface area contributed by atoms with Gasteiger partial charge in [0.15, 0.2) is 0 Å². The highest BCUT2D eigenvalue weighted by Gasteiger charge is 2.36. The number of hydrogen-bond donors (Lipinski definition) is 1. The van der Waals surface area contributed by atoms with E-state index < -0.39 is 0 Å². The molecule has 0 saturated carbocycles. The standard InChI is InChI=1S/C16H21N3O4/c1-23-15(21)5-6-17-16(22)18-8-11-7-12(10-18)13-3-2-4-14(20)19(13)9-11/h2-4,11-12H,5-10H2,1H3,(H,17,22)/t11-,12+/m1/s1. The fourth-order valence-corrected chi connectivity index (χ4v) is 3.55. The summed E-state index contributed by atoms with van der Waals surface area (Å²) in [5, 5.41) is 2.76. The molecule has 1 aromatic rings.